The molecule has 0 N–H and O–H groups in total. The van der Waals surface area contributed by atoms with E-state index < -0.39 is 68.5 Å². The fourth-order valence-electron chi connectivity index (χ4n) is 6.08. The van der Waals surface area contributed by atoms with Crippen LogP contribution in [-0.2, 0) is 29.8 Å². The first-order valence-corrected chi connectivity index (χ1v) is 13.9. The van der Waals surface area contributed by atoms with Crippen molar-refractivity contribution >= 4 is 21.7 Å². The second kappa shape index (κ2) is 9.33. The molecule has 2 amide bonds. The van der Waals surface area contributed by atoms with E-state index in [0.29, 0.717) is 6.07 Å². The van der Waals surface area contributed by atoms with Crippen LogP contribution in [0.5, 0.6) is 5.75 Å². The summed E-state index contributed by atoms with van der Waals surface area (Å²) in [6, 6.07) is 6.01. The Hall–Kier alpha value is -3.36. The normalized spacial score (nSPS) is 25.1. The highest BCUT2D eigenvalue weighted by Gasteiger charge is 2.74. The topological polar surface area (TPSA) is 84.0 Å². The minimum absolute atomic E-state index is 0.102. The number of fused-ring (bicyclic) bond motifs is 3. The number of halogens is 7. The van der Waals surface area contributed by atoms with Gasteiger partial charge in [0.2, 0.25) is 11.8 Å². The summed E-state index contributed by atoms with van der Waals surface area (Å²) in [7, 11) is -3.05. The van der Waals surface area contributed by atoms with Crippen molar-refractivity contribution < 1.29 is 53.5 Å². The summed E-state index contributed by atoms with van der Waals surface area (Å²) < 4.78 is 128. The van der Waals surface area contributed by atoms with Crippen molar-refractivity contribution in [2.45, 2.75) is 59.0 Å². The van der Waals surface area contributed by atoms with Crippen LogP contribution in [0.25, 0.3) is 0 Å². The van der Waals surface area contributed by atoms with Crippen molar-refractivity contribution in [1.82, 2.24) is 9.80 Å². The standard InChI is InChI=1S/C26H23F7N2O5S/c1-34-18(9-10-21(34)36)22(37)35-12-11-23(41(38,39)16-5-3-2-4-6-16)17-8-7-15(13-19(17)40-14-20(23)35)24(27,25(28,29)30)26(31,32)33/h2-8,13,18,20H,9-12,14H2,1H3/t18-,20?,23?/m0/s1. The molecule has 3 atom stereocenters. The monoisotopic (exact) mass is 608 g/mol. The number of amides is 2. The summed E-state index contributed by atoms with van der Waals surface area (Å²) in [4.78, 5) is 27.9. The summed E-state index contributed by atoms with van der Waals surface area (Å²) in [5.74, 6) is -1.52. The highest BCUT2D eigenvalue weighted by Crippen LogP contribution is 2.57. The smallest absolute Gasteiger partial charge is 0.435 e. The molecule has 0 bridgehead atoms. The van der Waals surface area contributed by atoms with Gasteiger partial charge in [-0.1, -0.05) is 30.3 Å². The molecule has 0 aliphatic carbocycles. The number of likely N-dealkylation sites (N-methyl/N-ethyl adjacent to an activating group) is 1. The van der Waals surface area contributed by atoms with Crippen molar-refractivity contribution in [1.29, 1.82) is 0 Å². The van der Waals surface area contributed by atoms with Crippen molar-refractivity contribution in [3.8, 4) is 5.75 Å². The number of likely N-dealkylation sites (tertiary alicyclic amines) is 2. The molecule has 0 aromatic heterocycles. The molecule has 15 heteroatoms. The van der Waals surface area contributed by atoms with Gasteiger partial charge in [-0.05, 0) is 31.0 Å². The third kappa shape index (κ3) is 4.02. The lowest BCUT2D eigenvalue weighted by Gasteiger charge is -2.43. The molecular weight excluding hydrogens is 585 g/mol. The van der Waals surface area contributed by atoms with Crippen LogP contribution in [0.1, 0.15) is 30.4 Å². The van der Waals surface area contributed by atoms with Crippen LogP contribution in [0.15, 0.2) is 53.4 Å². The molecule has 222 valence electrons. The van der Waals surface area contributed by atoms with Gasteiger partial charge >= 0.3 is 18.0 Å². The Balaban J connectivity index is 1.68. The van der Waals surface area contributed by atoms with E-state index in [2.05, 4.69) is 0 Å². The van der Waals surface area contributed by atoms with Gasteiger partial charge in [-0.15, -0.1) is 0 Å². The van der Waals surface area contributed by atoms with Crippen molar-refractivity contribution in [3.05, 3.63) is 59.7 Å². The van der Waals surface area contributed by atoms with Crippen molar-refractivity contribution in [3.63, 3.8) is 0 Å². The van der Waals surface area contributed by atoms with Gasteiger partial charge in [0.05, 0.1) is 10.9 Å². The molecule has 3 aliphatic heterocycles. The molecule has 0 spiro atoms. The summed E-state index contributed by atoms with van der Waals surface area (Å²) in [5, 5.41) is 0. The van der Waals surface area contributed by atoms with E-state index in [4.69, 9.17) is 4.74 Å². The van der Waals surface area contributed by atoms with Gasteiger partial charge in [-0.25, -0.2) is 12.8 Å². The predicted octanol–water partition coefficient (Wildman–Crippen LogP) is 4.26. The molecule has 7 nitrogen and oxygen atoms in total. The zero-order valence-corrected chi connectivity index (χ0v) is 22.1. The van der Waals surface area contributed by atoms with E-state index in [9.17, 15) is 48.7 Å². The van der Waals surface area contributed by atoms with Crippen LogP contribution in [0.2, 0.25) is 0 Å². The second-order valence-corrected chi connectivity index (χ2v) is 12.4. The Kier molecular flexibility index (Phi) is 6.63. The van der Waals surface area contributed by atoms with Crippen molar-refractivity contribution in [2.75, 3.05) is 20.2 Å². The lowest BCUT2D eigenvalue weighted by molar-refractivity contribution is -0.348. The lowest BCUT2D eigenvalue weighted by atomic mass is 9.85. The zero-order valence-electron chi connectivity index (χ0n) is 21.3. The summed E-state index contributed by atoms with van der Waals surface area (Å²) >= 11 is 0. The second-order valence-electron chi connectivity index (χ2n) is 10.2. The molecule has 0 saturated carbocycles. The van der Waals surface area contributed by atoms with Gasteiger partial charge in [0, 0.05) is 31.1 Å². The van der Waals surface area contributed by atoms with Gasteiger partial charge in [0.15, 0.2) is 9.84 Å². The molecule has 3 aliphatic rings. The Morgan fingerprint density at radius 2 is 1.63 bits per heavy atom. The maximum Gasteiger partial charge on any atom is 0.435 e. The quantitative estimate of drug-likeness (QED) is 0.485. The number of nitrogens with zero attached hydrogens (tertiary/aromatic N) is 2. The average molecular weight is 609 g/mol. The van der Waals surface area contributed by atoms with E-state index >= 15 is 0 Å². The van der Waals surface area contributed by atoms with Gasteiger partial charge < -0.3 is 14.5 Å². The molecule has 5 rings (SSSR count). The summed E-state index contributed by atoms with van der Waals surface area (Å²) in [6.07, 6.45) is -12.8. The fraction of sp³-hybridized carbons (Fsp3) is 0.462. The molecule has 0 radical (unpaired) electrons. The number of hydrogen-bond donors (Lipinski definition) is 0. The van der Waals surface area contributed by atoms with Crippen LogP contribution in [0.3, 0.4) is 0 Å². The first-order chi connectivity index (χ1) is 19.0. The molecule has 2 unspecified atom stereocenters. The summed E-state index contributed by atoms with van der Waals surface area (Å²) in [5.41, 5.74) is -7.86. The zero-order chi connectivity index (χ0) is 30.2. The molecule has 41 heavy (non-hydrogen) atoms. The third-order valence-electron chi connectivity index (χ3n) is 8.25. The SMILES string of the molecule is CN1C(=O)CC[C@H]1C(=O)N1CCC2(S(=O)(=O)c3ccccc3)c3ccc(C(F)(C(F)(F)F)C(F)(F)F)cc3OCC12. The number of alkyl halides is 7. The molecule has 2 aromatic rings. The largest absolute Gasteiger partial charge is 0.491 e. The van der Waals surface area contributed by atoms with Crippen LogP contribution in [0.4, 0.5) is 30.7 Å². The number of ether oxygens (including phenoxy) is 1. The van der Waals surface area contributed by atoms with Crippen LogP contribution >= 0.6 is 0 Å². The van der Waals surface area contributed by atoms with Crippen molar-refractivity contribution in [2.24, 2.45) is 0 Å². The van der Waals surface area contributed by atoms with E-state index in [1.54, 1.807) is 6.07 Å². The lowest BCUT2D eigenvalue weighted by Crippen LogP contribution is -2.57. The predicted molar refractivity (Wildman–Crippen MR) is 128 cm³/mol. The Morgan fingerprint density at radius 1 is 1.00 bits per heavy atom. The Bertz CT molecular complexity index is 1480. The average Bonchev–Trinajstić information content (AvgIpc) is 3.48. The molecular formula is C26H23F7N2O5S. The molecule has 2 saturated heterocycles. The highest BCUT2D eigenvalue weighted by molar-refractivity contribution is 7.92. The first kappa shape index (κ1) is 29.1. The van der Waals surface area contributed by atoms with Gasteiger partial charge in [-0.3, -0.25) is 9.59 Å². The van der Waals surface area contributed by atoms with Crippen LogP contribution < -0.4 is 4.74 Å². The Morgan fingerprint density at radius 3 is 2.20 bits per heavy atom. The first-order valence-electron chi connectivity index (χ1n) is 12.4. The number of hydrogen-bond acceptors (Lipinski definition) is 5. The third-order valence-corrected chi connectivity index (χ3v) is 10.8. The molecule has 3 heterocycles. The van der Waals surface area contributed by atoms with Crippen LogP contribution in [0, 0.1) is 0 Å². The molecule has 2 fully saturated rings. The number of sulfone groups is 1. The fourth-order valence-corrected chi connectivity index (χ4v) is 8.39. The number of carbonyl (C=O) groups is 2. The minimum atomic E-state index is -6.38. The number of carbonyl (C=O) groups excluding carboxylic acids is 2. The highest BCUT2D eigenvalue weighted by atomic mass is 32.2. The number of benzene rings is 2. The minimum Gasteiger partial charge on any atom is -0.491 e. The van der Waals surface area contributed by atoms with Crippen LogP contribution in [-0.4, -0.2) is 74.7 Å². The maximum absolute atomic E-state index is 14.9. The van der Waals surface area contributed by atoms with E-state index in [-0.39, 0.29) is 54.3 Å². The van der Waals surface area contributed by atoms with E-state index in [0.717, 1.165) is 0 Å². The van der Waals surface area contributed by atoms with E-state index in [1.807, 2.05) is 0 Å². The van der Waals surface area contributed by atoms with E-state index in [1.165, 1.54) is 41.1 Å². The maximum atomic E-state index is 14.9. The Labute approximate surface area is 229 Å². The summed E-state index contributed by atoms with van der Waals surface area (Å²) in [6.45, 7) is -0.771. The number of rotatable bonds is 4. The van der Waals surface area contributed by atoms with Gasteiger partial charge in [0.25, 0.3) is 0 Å². The van der Waals surface area contributed by atoms with Gasteiger partial charge in [-0.2, -0.15) is 26.3 Å². The molecule has 2 aromatic carbocycles. The van der Waals surface area contributed by atoms with Gasteiger partial charge in [0.1, 0.15) is 23.1 Å².